The zero-order chi connectivity index (χ0) is 17.9. The Bertz CT molecular complexity index is 886. The normalized spacial score (nSPS) is 17.2. The van der Waals surface area contributed by atoms with Gasteiger partial charge in [-0.15, -0.1) is 11.3 Å². The molecular formula is C18H18N4O3S. The van der Waals surface area contributed by atoms with Crippen LogP contribution in [0.1, 0.15) is 23.2 Å². The summed E-state index contributed by atoms with van der Waals surface area (Å²) in [5, 5.41) is 5.35. The van der Waals surface area contributed by atoms with Gasteiger partial charge in [-0.05, 0) is 31.0 Å². The van der Waals surface area contributed by atoms with Gasteiger partial charge in [0.1, 0.15) is 6.26 Å². The van der Waals surface area contributed by atoms with Crippen LogP contribution in [0.4, 0.5) is 5.13 Å². The van der Waals surface area contributed by atoms with Crippen LogP contribution in [0.2, 0.25) is 0 Å². The van der Waals surface area contributed by atoms with E-state index in [9.17, 15) is 9.59 Å². The molecule has 134 valence electrons. The number of H-pyrrole nitrogens is 1. The Morgan fingerprint density at radius 2 is 2.31 bits per heavy atom. The van der Waals surface area contributed by atoms with Crippen LogP contribution in [0.25, 0.3) is 11.4 Å². The molecule has 4 rings (SSSR count). The Morgan fingerprint density at radius 1 is 1.38 bits per heavy atom. The van der Waals surface area contributed by atoms with Gasteiger partial charge in [-0.1, -0.05) is 0 Å². The monoisotopic (exact) mass is 370 g/mol. The number of aromatic amines is 1. The minimum Gasteiger partial charge on any atom is -0.472 e. The van der Waals surface area contributed by atoms with E-state index in [4.69, 9.17) is 4.42 Å². The molecule has 0 saturated carbocycles. The predicted octanol–water partition coefficient (Wildman–Crippen LogP) is 3.22. The van der Waals surface area contributed by atoms with Crippen molar-refractivity contribution in [3.8, 4) is 11.4 Å². The maximum absolute atomic E-state index is 12.6. The van der Waals surface area contributed by atoms with Gasteiger partial charge in [0, 0.05) is 24.7 Å². The number of likely N-dealkylation sites (tertiary alicyclic amines) is 1. The molecule has 0 bridgehead atoms. The highest BCUT2D eigenvalue weighted by Gasteiger charge is 2.29. The highest BCUT2D eigenvalue weighted by molar-refractivity contribution is 7.14. The number of amides is 2. The molecule has 0 aromatic carbocycles. The van der Waals surface area contributed by atoms with Crippen molar-refractivity contribution >= 4 is 28.3 Å². The number of nitrogens with zero attached hydrogens (tertiary/aromatic N) is 2. The molecule has 8 heteroatoms. The van der Waals surface area contributed by atoms with Crippen molar-refractivity contribution in [2.24, 2.45) is 5.92 Å². The van der Waals surface area contributed by atoms with Gasteiger partial charge in [-0.25, -0.2) is 4.98 Å². The summed E-state index contributed by atoms with van der Waals surface area (Å²) in [6.07, 6.45) is 6.30. The molecule has 2 amide bonds. The van der Waals surface area contributed by atoms with Crippen molar-refractivity contribution in [3.05, 3.63) is 47.9 Å². The quantitative estimate of drug-likeness (QED) is 0.738. The third-order valence-electron chi connectivity index (χ3n) is 4.46. The Kier molecular flexibility index (Phi) is 4.57. The molecule has 3 aromatic heterocycles. The van der Waals surface area contributed by atoms with E-state index >= 15 is 0 Å². The van der Waals surface area contributed by atoms with Crippen LogP contribution in [-0.2, 0) is 4.79 Å². The molecule has 1 fully saturated rings. The molecule has 1 atom stereocenters. The summed E-state index contributed by atoms with van der Waals surface area (Å²) in [6.45, 7) is 1.06. The lowest BCUT2D eigenvalue weighted by Crippen LogP contribution is -2.43. The van der Waals surface area contributed by atoms with Gasteiger partial charge in [0.2, 0.25) is 5.91 Å². The Labute approximate surface area is 154 Å². The first-order valence-electron chi connectivity index (χ1n) is 8.42. The highest BCUT2D eigenvalue weighted by Crippen LogP contribution is 2.25. The smallest absolute Gasteiger partial charge is 0.257 e. The van der Waals surface area contributed by atoms with Crippen LogP contribution >= 0.6 is 11.3 Å². The Morgan fingerprint density at radius 3 is 3.08 bits per heavy atom. The number of hydrogen-bond donors (Lipinski definition) is 2. The first kappa shape index (κ1) is 16.6. The number of furan rings is 1. The van der Waals surface area contributed by atoms with Crippen molar-refractivity contribution in [1.29, 1.82) is 0 Å². The summed E-state index contributed by atoms with van der Waals surface area (Å²) in [6, 6.07) is 5.48. The van der Waals surface area contributed by atoms with Gasteiger partial charge in [-0.3, -0.25) is 9.59 Å². The van der Waals surface area contributed by atoms with E-state index in [0.29, 0.717) is 23.8 Å². The molecule has 3 aromatic rings. The molecule has 26 heavy (non-hydrogen) atoms. The van der Waals surface area contributed by atoms with Crippen molar-refractivity contribution in [2.75, 3.05) is 18.4 Å². The van der Waals surface area contributed by atoms with Crippen LogP contribution in [0.3, 0.4) is 0 Å². The first-order valence-corrected chi connectivity index (χ1v) is 9.30. The second-order valence-corrected chi connectivity index (χ2v) is 7.07. The topological polar surface area (TPSA) is 91.2 Å². The molecule has 0 unspecified atom stereocenters. The molecule has 0 aliphatic carbocycles. The average molecular weight is 370 g/mol. The number of piperidine rings is 1. The van der Waals surface area contributed by atoms with Gasteiger partial charge >= 0.3 is 0 Å². The average Bonchev–Trinajstić information content (AvgIpc) is 3.42. The van der Waals surface area contributed by atoms with Crippen LogP contribution in [-0.4, -0.2) is 39.8 Å². The minimum absolute atomic E-state index is 0.0953. The predicted molar refractivity (Wildman–Crippen MR) is 97.9 cm³/mol. The molecule has 4 heterocycles. The molecule has 1 aliphatic rings. The second kappa shape index (κ2) is 7.17. The van der Waals surface area contributed by atoms with Crippen molar-refractivity contribution in [3.63, 3.8) is 0 Å². The third-order valence-corrected chi connectivity index (χ3v) is 5.21. The fourth-order valence-electron chi connectivity index (χ4n) is 3.10. The molecule has 1 aliphatic heterocycles. The molecule has 0 radical (unpaired) electrons. The van der Waals surface area contributed by atoms with Gasteiger partial charge in [0.05, 0.1) is 29.1 Å². The van der Waals surface area contributed by atoms with E-state index in [1.807, 2.05) is 23.7 Å². The fourth-order valence-corrected chi connectivity index (χ4v) is 3.81. The number of nitrogens with one attached hydrogen (secondary N) is 2. The molecule has 0 spiro atoms. The lowest BCUT2D eigenvalue weighted by Gasteiger charge is -2.31. The maximum Gasteiger partial charge on any atom is 0.257 e. The molecule has 1 saturated heterocycles. The van der Waals surface area contributed by atoms with Crippen molar-refractivity contribution in [2.45, 2.75) is 12.8 Å². The Hall–Kier alpha value is -2.87. The maximum atomic E-state index is 12.6. The lowest BCUT2D eigenvalue weighted by molar-refractivity contribution is -0.121. The number of anilines is 1. The van der Waals surface area contributed by atoms with E-state index in [1.165, 1.54) is 23.9 Å². The highest BCUT2D eigenvalue weighted by atomic mass is 32.1. The van der Waals surface area contributed by atoms with Gasteiger partial charge in [0.15, 0.2) is 5.13 Å². The van der Waals surface area contributed by atoms with E-state index in [1.54, 1.807) is 11.0 Å². The second-order valence-electron chi connectivity index (χ2n) is 6.21. The SMILES string of the molecule is O=C(Nc1nc(-c2ccc[nH]2)cs1)[C@@H]1CCCN(C(=O)c2ccoc2)C1. The number of carbonyl (C=O) groups is 2. The van der Waals surface area contributed by atoms with Gasteiger partial charge in [-0.2, -0.15) is 0 Å². The summed E-state index contributed by atoms with van der Waals surface area (Å²) in [7, 11) is 0. The molecule has 7 nitrogen and oxygen atoms in total. The van der Waals surface area contributed by atoms with Gasteiger partial charge < -0.3 is 19.6 Å². The van der Waals surface area contributed by atoms with E-state index < -0.39 is 0 Å². The number of carbonyl (C=O) groups excluding carboxylic acids is 2. The number of thiazole rings is 1. The summed E-state index contributed by atoms with van der Waals surface area (Å²) < 4.78 is 4.98. The summed E-state index contributed by atoms with van der Waals surface area (Å²) in [4.78, 5) is 34.3. The third kappa shape index (κ3) is 3.41. The van der Waals surface area contributed by atoms with Crippen LogP contribution in [0.5, 0.6) is 0 Å². The number of rotatable bonds is 4. The van der Waals surface area contributed by atoms with Crippen molar-refractivity contribution < 1.29 is 14.0 Å². The van der Waals surface area contributed by atoms with Crippen LogP contribution in [0, 0.1) is 5.92 Å². The van der Waals surface area contributed by atoms with Gasteiger partial charge in [0.25, 0.3) is 5.91 Å². The number of hydrogen-bond acceptors (Lipinski definition) is 5. The van der Waals surface area contributed by atoms with E-state index in [2.05, 4.69) is 15.3 Å². The first-order chi connectivity index (χ1) is 12.7. The standard InChI is InChI=1S/C18H18N4O3S/c23-16(21-18-20-15(11-26-18)14-4-1-6-19-14)12-3-2-7-22(9-12)17(24)13-5-8-25-10-13/h1,4-6,8,10-12,19H,2-3,7,9H2,(H,20,21,23)/t12-/m1/s1. The van der Waals surface area contributed by atoms with Crippen LogP contribution in [0.15, 0.2) is 46.7 Å². The zero-order valence-electron chi connectivity index (χ0n) is 14.0. The van der Waals surface area contributed by atoms with E-state index in [0.717, 1.165) is 24.2 Å². The van der Waals surface area contributed by atoms with Crippen molar-refractivity contribution in [1.82, 2.24) is 14.9 Å². The summed E-state index contributed by atoms with van der Waals surface area (Å²) in [5.41, 5.74) is 2.23. The summed E-state index contributed by atoms with van der Waals surface area (Å²) in [5.74, 6) is -0.431. The lowest BCUT2D eigenvalue weighted by atomic mass is 9.97. The molecular weight excluding hydrogens is 352 g/mol. The minimum atomic E-state index is -0.238. The van der Waals surface area contributed by atoms with E-state index in [-0.39, 0.29) is 17.7 Å². The number of aromatic nitrogens is 2. The zero-order valence-corrected chi connectivity index (χ0v) is 14.8. The summed E-state index contributed by atoms with van der Waals surface area (Å²) >= 11 is 1.39. The largest absolute Gasteiger partial charge is 0.472 e. The fraction of sp³-hybridized carbons (Fsp3) is 0.278. The Balaban J connectivity index is 1.39. The molecule has 2 N–H and O–H groups in total. The van der Waals surface area contributed by atoms with Crippen LogP contribution < -0.4 is 5.32 Å².